The van der Waals surface area contributed by atoms with E-state index in [9.17, 15) is 0 Å². The molecule has 3 heteroatoms. The summed E-state index contributed by atoms with van der Waals surface area (Å²) in [6, 6.07) is 0.587. The van der Waals surface area contributed by atoms with Gasteiger partial charge in [-0.25, -0.2) is 0 Å². The van der Waals surface area contributed by atoms with E-state index in [1.807, 2.05) is 0 Å². The molecule has 0 aromatic heterocycles. The molecule has 0 aromatic rings. The Bertz CT molecular complexity index is 343. The summed E-state index contributed by atoms with van der Waals surface area (Å²) in [5, 5.41) is 0. The van der Waals surface area contributed by atoms with Crippen LogP contribution in [0.5, 0.6) is 0 Å². The first-order chi connectivity index (χ1) is 12.8. The van der Waals surface area contributed by atoms with Crippen LogP contribution in [0.1, 0.15) is 130 Å². The largest absolute Gasteiger partial charge is 0.358 e. The molecule has 1 unspecified atom stereocenters. The van der Waals surface area contributed by atoms with Gasteiger partial charge in [0.1, 0.15) is 0 Å². The van der Waals surface area contributed by atoms with Crippen LogP contribution < -0.4 is 0 Å². The minimum atomic E-state index is 0. The summed E-state index contributed by atoms with van der Waals surface area (Å²) < 4.78 is 0. The van der Waals surface area contributed by atoms with Crippen molar-refractivity contribution in [2.75, 3.05) is 13.1 Å². The number of hydrogen-bond acceptors (Lipinski definition) is 2. The fourth-order valence-electron chi connectivity index (χ4n) is 4.13. The Morgan fingerprint density at radius 1 is 0.704 bits per heavy atom. The number of hydrogen-bond donors (Lipinski definition) is 0. The van der Waals surface area contributed by atoms with Crippen molar-refractivity contribution in [3.8, 4) is 0 Å². The second-order valence-electron chi connectivity index (χ2n) is 8.51. The third-order valence-corrected chi connectivity index (χ3v) is 5.93. The highest BCUT2D eigenvalue weighted by Crippen LogP contribution is 2.18. The molecule has 1 atom stereocenters. The quantitative estimate of drug-likeness (QED) is 0.212. The highest BCUT2D eigenvalue weighted by atomic mass is 35.5. The van der Waals surface area contributed by atoms with Crippen molar-refractivity contribution in [3.05, 3.63) is 0 Å². The van der Waals surface area contributed by atoms with Crippen LogP contribution >= 0.6 is 12.4 Å². The van der Waals surface area contributed by atoms with E-state index in [0.717, 1.165) is 0 Å². The average Bonchev–Trinajstić information content (AvgIpc) is 2.99. The molecule has 1 aliphatic rings. The SMILES string of the molecule is CCCCCCCCCCC1CN(CCCCCCCCCC)C(C)=N1.Cl. The average molecular weight is 401 g/mol. The Morgan fingerprint density at radius 3 is 1.67 bits per heavy atom. The van der Waals surface area contributed by atoms with Gasteiger partial charge in [0.15, 0.2) is 0 Å². The Labute approximate surface area is 177 Å². The van der Waals surface area contributed by atoms with Crippen molar-refractivity contribution in [1.29, 1.82) is 0 Å². The molecular weight excluding hydrogens is 352 g/mol. The molecule has 0 spiro atoms. The van der Waals surface area contributed by atoms with E-state index in [0.29, 0.717) is 6.04 Å². The number of aliphatic imine (C=N–C) groups is 1. The minimum absolute atomic E-state index is 0. The fourth-order valence-corrected chi connectivity index (χ4v) is 4.13. The van der Waals surface area contributed by atoms with Gasteiger partial charge in [0, 0.05) is 13.1 Å². The number of unbranched alkanes of at least 4 members (excludes halogenated alkanes) is 14. The maximum Gasteiger partial charge on any atom is 0.0962 e. The van der Waals surface area contributed by atoms with E-state index < -0.39 is 0 Å². The zero-order valence-electron chi connectivity index (χ0n) is 18.8. The maximum atomic E-state index is 4.92. The molecule has 1 heterocycles. The Balaban J connectivity index is 0.00000676. The van der Waals surface area contributed by atoms with Crippen LogP contribution in [0.2, 0.25) is 0 Å². The summed E-state index contributed by atoms with van der Waals surface area (Å²) in [6.45, 7) is 9.24. The Kier molecular flexibility index (Phi) is 18.9. The number of amidine groups is 1. The first-order valence-corrected chi connectivity index (χ1v) is 12.1. The molecule has 2 nitrogen and oxygen atoms in total. The van der Waals surface area contributed by atoms with Gasteiger partial charge >= 0.3 is 0 Å². The summed E-state index contributed by atoms with van der Waals surface area (Å²) in [4.78, 5) is 7.47. The van der Waals surface area contributed by atoms with Gasteiger partial charge in [-0.3, -0.25) is 4.99 Å². The maximum absolute atomic E-state index is 4.92. The standard InChI is InChI=1S/C24H48N2.ClH/c1-4-6-8-10-12-14-16-18-20-24-22-26(23(3)25-24)21-19-17-15-13-11-9-7-5-2;/h24H,4-22H2,1-3H3;1H. The van der Waals surface area contributed by atoms with E-state index in [4.69, 9.17) is 4.99 Å². The monoisotopic (exact) mass is 400 g/mol. The van der Waals surface area contributed by atoms with Crippen molar-refractivity contribution >= 4 is 18.2 Å². The van der Waals surface area contributed by atoms with Crippen LogP contribution in [0.15, 0.2) is 4.99 Å². The lowest BCUT2D eigenvalue weighted by Gasteiger charge is -2.19. The van der Waals surface area contributed by atoms with Gasteiger partial charge in [-0.1, -0.05) is 110 Å². The van der Waals surface area contributed by atoms with Gasteiger partial charge in [0.2, 0.25) is 0 Å². The van der Waals surface area contributed by atoms with Crippen molar-refractivity contribution in [2.24, 2.45) is 4.99 Å². The normalized spacial score (nSPS) is 16.5. The van der Waals surface area contributed by atoms with Gasteiger partial charge in [-0.05, 0) is 19.8 Å². The van der Waals surface area contributed by atoms with Gasteiger partial charge < -0.3 is 4.90 Å². The lowest BCUT2D eigenvalue weighted by Crippen LogP contribution is -2.28. The van der Waals surface area contributed by atoms with E-state index in [-0.39, 0.29) is 12.4 Å². The predicted molar refractivity (Wildman–Crippen MR) is 126 cm³/mol. The van der Waals surface area contributed by atoms with Gasteiger partial charge in [-0.15, -0.1) is 12.4 Å². The van der Waals surface area contributed by atoms with E-state index in [2.05, 4.69) is 25.7 Å². The summed E-state index contributed by atoms with van der Waals surface area (Å²) >= 11 is 0. The zero-order chi connectivity index (χ0) is 18.9. The molecule has 162 valence electrons. The highest BCUT2D eigenvalue weighted by Gasteiger charge is 2.21. The molecule has 0 aliphatic carbocycles. The first kappa shape index (κ1) is 26.8. The minimum Gasteiger partial charge on any atom is -0.358 e. The molecule has 1 rings (SSSR count). The van der Waals surface area contributed by atoms with Gasteiger partial charge in [0.05, 0.1) is 11.9 Å². The molecule has 1 aliphatic heterocycles. The van der Waals surface area contributed by atoms with Crippen molar-refractivity contribution in [1.82, 2.24) is 4.90 Å². The number of halogens is 1. The lowest BCUT2D eigenvalue weighted by molar-refractivity contribution is 0.390. The highest BCUT2D eigenvalue weighted by molar-refractivity contribution is 5.85. The molecule has 0 saturated heterocycles. The molecule has 27 heavy (non-hydrogen) atoms. The van der Waals surface area contributed by atoms with E-state index in [1.54, 1.807) is 0 Å². The van der Waals surface area contributed by atoms with Crippen LogP contribution in [-0.2, 0) is 0 Å². The Morgan fingerprint density at radius 2 is 1.15 bits per heavy atom. The summed E-state index contributed by atoms with van der Waals surface area (Å²) in [5.74, 6) is 1.30. The summed E-state index contributed by atoms with van der Waals surface area (Å²) in [6.07, 6.45) is 23.9. The van der Waals surface area contributed by atoms with Gasteiger partial charge in [-0.2, -0.15) is 0 Å². The van der Waals surface area contributed by atoms with E-state index >= 15 is 0 Å². The van der Waals surface area contributed by atoms with Crippen LogP contribution in [0.3, 0.4) is 0 Å². The summed E-state index contributed by atoms with van der Waals surface area (Å²) in [7, 11) is 0. The molecule has 0 radical (unpaired) electrons. The van der Waals surface area contributed by atoms with Crippen LogP contribution in [-0.4, -0.2) is 29.9 Å². The molecule has 0 fully saturated rings. The third kappa shape index (κ3) is 14.4. The van der Waals surface area contributed by atoms with Crippen molar-refractivity contribution in [3.63, 3.8) is 0 Å². The smallest absolute Gasteiger partial charge is 0.0962 e. The van der Waals surface area contributed by atoms with Crippen molar-refractivity contribution in [2.45, 2.75) is 136 Å². The predicted octanol–water partition coefficient (Wildman–Crippen LogP) is 8.18. The first-order valence-electron chi connectivity index (χ1n) is 12.1. The van der Waals surface area contributed by atoms with Crippen molar-refractivity contribution < 1.29 is 0 Å². The Hall–Kier alpha value is -0.240. The molecule has 0 bridgehead atoms. The van der Waals surface area contributed by atoms with Crippen LogP contribution in [0.4, 0.5) is 0 Å². The van der Waals surface area contributed by atoms with Gasteiger partial charge in [0.25, 0.3) is 0 Å². The second-order valence-corrected chi connectivity index (χ2v) is 8.51. The molecule has 0 aromatic carbocycles. The number of rotatable bonds is 18. The third-order valence-electron chi connectivity index (χ3n) is 5.93. The molecule has 0 N–H and O–H groups in total. The molecule has 0 amide bonds. The van der Waals surface area contributed by atoms with Crippen LogP contribution in [0.25, 0.3) is 0 Å². The zero-order valence-corrected chi connectivity index (χ0v) is 19.6. The second kappa shape index (κ2) is 19.1. The fraction of sp³-hybridized carbons (Fsp3) is 0.958. The van der Waals surface area contributed by atoms with E-state index in [1.165, 1.54) is 128 Å². The number of nitrogens with zero attached hydrogens (tertiary/aromatic N) is 2. The molecular formula is C24H49ClN2. The summed E-state index contributed by atoms with van der Waals surface area (Å²) in [5.41, 5.74) is 0. The van der Waals surface area contributed by atoms with Crippen LogP contribution in [0, 0.1) is 0 Å². The topological polar surface area (TPSA) is 15.6 Å². The molecule has 0 saturated carbocycles. The lowest BCUT2D eigenvalue weighted by atomic mass is 10.0.